The highest BCUT2D eigenvalue weighted by Gasteiger charge is 2.55. The van der Waals surface area contributed by atoms with Crippen molar-refractivity contribution in [1.82, 2.24) is 5.32 Å². The van der Waals surface area contributed by atoms with Crippen LogP contribution in [0.3, 0.4) is 0 Å². The van der Waals surface area contributed by atoms with Gasteiger partial charge in [-0.3, -0.25) is 14.4 Å². The summed E-state index contributed by atoms with van der Waals surface area (Å²) in [6.45, 7) is 0.249. The minimum atomic E-state index is -0.358. The molecule has 0 aromatic rings. The third kappa shape index (κ3) is 3.54. The van der Waals surface area contributed by atoms with Crippen LogP contribution in [-0.4, -0.2) is 30.8 Å². The van der Waals surface area contributed by atoms with Gasteiger partial charge in [0.25, 0.3) is 0 Å². The molecule has 31 heavy (non-hydrogen) atoms. The summed E-state index contributed by atoms with van der Waals surface area (Å²) in [5.74, 6) is 4.29. The van der Waals surface area contributed by atoms with Crippen LogP contribution in [0.4, 0.5) is 0 Å². The van der Waals surface area contributed by atoms with Gasteiger partial charge >= 0.3 is 5.97 Å². The van der Waals surface area contributed by atoms with E-state index in [0.29, 0.717) is 24.3 Å². The van der Waals surface area contributed by atoms with E-state index in [1.54, 1.807) is 0 Å². The molecule has 1 N–H and O–H groups in total. The van der Waals surface area contributed by atoms with E-state index in [-0.39, 0.29) is 41.5 Å². The molecule has 0 heterocycles. The third-order valence-corrected chi connectivity index (χ3v) is 10.1. The number of esters is 1. The normalized spacial score (nSPS) is 46.2. The summed E-state index contributed by atoms with van der Waals surface area (Å²) in [6.07, 6.45) is 14.2. The van der Waals surface area contributed by atoms with Crippen molar-refractivity contribution >= 4 is 17.7 Å². The Morgan fingerprint density at radius 3 is 1.55 bits per heavy atom. The van der Waals surface area contributed by atoms with Crippen LogP contribution in [0.15, 0.2) is 0 Å². The van der Waals surface area contributed by atoms with Crippen LogP contribution in [0.25, 0.3) is 0 Å². The molecule has 0 radical (unpaired) electrons. The Morgan fingerprint density at radius 2 is 1.10 bits per heavy atom. The van der Waals surface area contributed by atoms with Gasteiger partial charge in [0.15, 0.2) is 12.4 Å². The monoisotopic (exact) mass is 427 g/mol. The molecule has 8 aliphatic carbocycles. The molecule has 5 heteroatoms. The summed E-state index contributed by atoms with van der Waals surface area (Å²) in [5.41, 5.74) is -0.380. The Bertz CT molecular complexity index is 716. The number of hydrogen-bond donors (Lipinski definition) is 1. The van der Waals surface area contributed by atoms with Crippen molar-refractivity contribution in [3.05, 3.63) is 0 Å². The van der Waals surface area contributed by atoms with Crippen LogP contribution in [0.5, 0.6) is 0 Å². The number of rotatable bonds is 7. The van der Waals surface area contributed by atoms with Crippen molar-refractivity contribution in [2.45, 2.75) is 83.5 Å². The molecule has 0 aromatic heterocycles. The van der Waals surface area contributed by atoms with Gasteiger partial charge in [-0.15, -0.1) is 0 Å². The molecule has 170 valence electrons. The molecule has 8 saturated carbocycles. The highest BCUT2D eigenvalue weighted by Crippen LogP contribution is 2.61. The molecule has 8 aliphatic rings. The fourth-order valence-corrected chi connectivity index (χ4v) is 9.68. The van der Waals surface area contributed by atoms with Crippen LogP contribution in [0.1, 0.15) is 83.5 Å². The number of hydrogen-bond acceptors (Lipinski definition) is 4. The van der Waals surface area contributed by atoms with Crippen LogP contribution < -0.4 is 5.32 Å². The van der Waals surface area contributed by atoms with Crippen molar-refractivity contribution < 1.29 is 19.1 Å². The van der Waals surface area contributed by atoms with E-state index >= 15 is 0 Å². The fraction of sp³-hybridized carbons (Fsp3) is 0.885. The zero-order chi connectivity index (χ0) is 21.2. The summed E-state index contributed by atoms with van der Waals surface area (Å²) in [7, 11) is 0. The molecular weight excluding hydrogens is 390 g/mol. The average molecular weight is 428 g/mol. The van der Waals surface area contributed by atoms with Gasteiger partial charge in [0.1, 0.15) is 0 Å². The van der Waals surface area contributed by atoms with Crippen LogP contribution in [-0.2, 0) is 19.1 Å². The molecule has 0 saturated heterocycles. The number of nitrogens with one attached hydrogen (secondary N) is 1. The first kappa shape index (κ1) is 20.2. The topological polar surface area (TPSA) is 72.5 Å². The maximum absolute atomic E-state index is 13.0. The lowest BCUT2D eigenvalue weighted by Crippen LogP contribution is -2.53. The second-order valence-corrected chi connectivity index (χ2v) is 12.5. The molecule has 0 atom stereocenters. The molecule has 8 bridgehead atoms. The van der Waals surface area contributed by atoms with Gasteiger partial charge < -0.3 is 10.1 Å². The van der Waals surface area contributed by atoms with E-state index in [1.165, 1.54) is 38.5 Å². The minimum absolute atomic E-state index is 0.0755. The Morgan fingerprint density at radius 1 is 0.677 bits per heavy atom. The third-order valence-electron chi connectivity index (χ3n) is 10.1. The number of Topliss-reactive ketones (excluding diaryl/α,β-unsaturated/α-hetero) is 1. The lowest BCUT2D eigenvalue weighted by atomic mass is 9.48. The first-order valence-electron chi connectivity index (χ1n) is 12.9. The fourth-order valence-electron chi connectivity index (χ4n) is 9.68. The Hall–Kier alpha value is -1.39. The van der Waals surface area contributed by atoms with Crippen molar-refractivity contribution in [1.29, 1.82) is 0 Å². The van der Waals surface area contributed by atoms with Crippen molar-refractivity contribution in [2.75, 3.05) is 13.2 Å². The second kappa shape index (κ2) is 7.31. The van der Waals surface area contributed by atoms with E-state index in [4.69, 9.17) is 4.74 Å². The summed E-state index contributed by atoms with van der Waals surface area (Å²) in [4.78, 5) is 38.3. The van der Waals surface area contributed by atoms with E-state index in [9.17, 15) is 14.4 Å². The van der Waals surface area contributed by atoms with E-state index in [0.717, 1.165) is 56.3 Å². The molecule has 5 nitrogen and oxygen atoms in total. The van der Waals surface area contributed by atoms with Gasteiger partial charge in [-0.1, -0.05) is 0 Å². The summed E-state index contributed by atoms with van der Waals surface area (Å²) < 4.78 is 5.38. The standard InChI is InChI=1S/C26H37NO4/c28-22(25-9-16-3-17(10-25)5-18(4-16)11-25)15-31-23(29)1-2-27-24(30)26-12-19-6-20(13-26)8-21(7-19)14-26/h16-21H,1-15H2,(H,27,30). The molecule has 8 fully saturated rings. The lowest BCUT2D eigenvalue weighted by Gasteiger charge is -2.55. The maximum atomic E-state index is 13.0. The molecule has 0 aliphatic heterocycles. The molecule has 1 amide bonds. The van der Waals surface area contributed by atoms with E-state index in [2.05, 4.69) is 5.32 Å². The first-order chi connectivity index (χ1) is 14.9. The van der Waals surface area contributed by atoms with Crippen LogP contribution in [0.2, 0.25) is 0 Å². The molecular formula is C26H37NO4. The Balaban J connectivity index is 0.962. The zero-order valence-corrected chi connectivity index (χ0v) is 18.7. The second-order valence-electron chi connectivity index (χ2n) is 12.5. The predicted octanol–water partition coefficient (Wildman–Crippen LogP) is 4.04. The summed E-state index contributed by atoms with van der Waals surface area (Å²) in [5, 5.41) is 3.04. The average Bonchev–Trinajstić information content (AvgIpc) is 2.70. The van der Waals surface area contributed by atoms with E-state index in [1.807, 2.05) is 0 Å². The highest BCUT2D eigenvalue weighted by atomic mass is 16.5. The number of ketones is 1. The van der Waals surface area contributed by atoms with Crippen molar-refractivity contribution in [3.8, 4) is 0 Å². The van der Waals surface area contributed by atoms with Gasteiger partial charge in [0.05, 0.1) is 6.42 Å². The molecule has 0 unspecified atom stereocenters. The van der Waals surface area contributed by atoms with Crippen LogP contribution in [0, 0.1) is 46.3 Å². The molecule has 8 rings (SSSR count). The quantitative estimate of drug-likeness (QED) is 0.623. The molecule has 0 aromatic carbocycles. The van der Waals surface area contributed by atoms with E-state index < -0.39 is 0 Å². The SMILES string of the molecule is O=C(CCNC(=O)C12CC3CC(CC(C3)C1)C2)OCC(=O)C12CC3CC(CC(C3)C1)C2. The minimum Gasteiger partial charge on any atom is -0.458 e. The summed E-state index contributed by atoms with van der Waals surface area (Å²) >= 11 is 0. The summed E-state index contributed by atoms with van der Waals surface area (Å²) in [6, 6.07) is 0. The van der Waals surface area contributed by atoms with Crippen LogP contribution >= 0.6 is 0 Å². The number of carbonyl (C=O) groups excluding carboxylic acids is 3. The maximum Gasteiger partial charge on any atom is 0.308 e. The largest absolute Gasteiger partial charge is 0.458 e. The number of amides is 1. The van der Waals surface area contributed by atoms with Gasteiger partial charge in [-0.05, 0) is 113 Å². The van der Waals surface area contributed by atoms with Gasteiger partial charge in [-0.25, -0.2) is 0 Å². The highest BCUT2D eigenvalue weighted by molar-refractivity contribution is 5.88. The smallest absolute Gasteiger partial charge is 0.308 e. The Labute approximate surface area is 185 Å². The lowest BCUT2D eigenvalue weighted by molar-refractivity contribution is -0.157. The first-order valence-corrected chi connectivity index (χ1v) is 12.9. The zero-order valence-electron chi connectivity index (χ0n) is 18.7. The predicted molar refractivity (Wildman–Crippen MR) is 115 cm³/mol. The number of carbonyl (C=O) groups is 3. The van der Waals surface area contributed by atoms with Crippen molar-refractivity contribution in [2.24, 2.45) is 46.3 Å². The molecule has 0 spiro atoms. The van der Waals surface area contributed by atoms with Gasteiger partial charge in [-0.2, -0.15) is 0 Å². The number of ether oxygens (including phenoxy) is 1. The Kier molecular flexibility index (Phi) is 4.77. The van der Waals surface area contributed by atoms with Crippen molar-refractivity contribution in [3.63, 3.8) is 0 Å². The van der Waals surface area contributed by atoms with Gasteiger partial charge in [0, 0.05) is 17.4 Å². The van der Waals surface area contributed by atoms with Gasteiger partial charge in [0.2, 0.25) is 5.91 Å².